The number of rotatable bonds is 6. The first kappa shape index (κ1) is 18.0. The molecule has 2 aromatic carbocycles. The van der Waals surface area contributed by atoms with Gasteiger partial charge in [-0.3, -0.25) is 4.90 Å². The summed E-state index contributed by atoms with van der Waals surface area (Å²) in [6.45, 7) is 3.63. The summed E-state index contributed by atoms with van der Waals surface area (Å²) >= 11 is 0. The molecule has 0 saturated carbocycles. The number of piperidine rings is 1. The molecule has 5 rings (SSSR count). The van der Waals surface area contributed by atoms with Crippen molar-refractivity contribution in [3.63, 3.8) is 0 Å². The van der Waals surface area contributed by atoms with Crippen molar-refractivity contribution in [2.75, 3.05) is 26.5 Å². The van der Waals surface area contributed by atoms with E-state index in [9.17, 15) is 0 Å². The van der Waals surface area contributed by atoms with Crippen molar-refractivity contribution < 1.29 is 18.7 Å². The van der Waals surface area contributed by atoms with Crippen LogP contribution in [0.3, 0.4) is 0 Å². The van der Waals surface area contributed by atoms with Crippen molar-refractivity contribution >= 4 is 0 Å². The number of hydrogen-bond donors (Lipinski definition) is 0. The number of fused-ring (bicyclic) bond motifs is 1. The van der Waals surface area contributed by atoms with Crippen LogP contribution < -0.4 is 14.2 Å². The van der Waals surface area contributed by atoms with Gasteiger partial charge in [0.25, 0.3) is 0 Å². The highest BCUT2D eigenvalue weighted by atomic mass is 16.7. The average Bonchev–Trinajstić information content (AvgIpc) is 3.42. The molecule has 0 radical (unpaired) electrons. The van der Waals surface area contributed by atoms with Gasteiger partial charge in [0.2, 0.25) is 18.5 Å². The summed E-state index contributed by atoms with van der Waals surface area (Å²) in [4.78, 5) is 6.93. The molecule has 1 atom stereocenters. The van der Waals surface area contributed by atoms with E-state index in [1.54, 1.807) is 0 Å². The Morgan fingerprint density at radius 1 is 1.07 bits per heavy atom. The molecule has 1 unspecified atom stereocenters. The molecule has 3 heterocycles. The van der Waals surface area contributed by atoms with E-state index in [0.29, 0.717) is 29.9 Å². The summed E-state index contributed by atoms with van der Waals surface area (Å²) < 4.78 is 22.2. The molecule has 7 nitrogen and oxygen atoms in total. The van der Waals surface area contributed by atoms with Crippen molar-refractivity contribution in [3.05, 3.63) is 54.4 Å². The first-order valence-electron chi connectivity index (χ1n) is 9.96. The lowest BCUT2D eigenvalue weighted by atomic mass is 9.99. The van der Waals surface area contributed by atoms with E-state index in [2.05, 4.69) is 15.0 Å². The van der Waals surface area contributed by atoms with Crippen LogP contribution in [0.4, 0.5) is 0 Å². The third-order valence-corrected chi connectivity index (χ3v) is 5.29. The van der Waals surface area contributed by atoms with Crippen molar-refractivity contribution in [1.29, 1.82) is 0 Å². The minimum absolute atomic E-state index is 0.250. The minimum atomic E-state index is 0.250. The molecule has 29 heavy (non-hydrogen) atoms. The maximum atomic E-state index is 5.94. The number of para-hydroxylation sites is 1. The van der Waals surface area contributed by atoms with Gasteiger partial charge in [0.05, 0.1) is 13.2 Å². The molecular formula is C22H23N3O4. The molecule has 0 N–H and O–H groups in total. The van der Waals surface area contributed by atoms with Gasteiger partial charge < -0.3 is 18.7 Å². The highest BCUT2D eigenvalue weighted by molar-refractivity contribution is 5.61. The fourth-order valence-corrected chi connectivity index (χ4v) is 3.82. The van der Waals surface area contributed by atoms with Crippen LogP contribution in [0, 0.1) is 5.92 Å². The molecule has 7 heteroatoms. The van der Waals surface area contributed by atoms with Gasteiger partial charge in [-0.2, -0.15) is 4.98 Å². The zero-order valence-corrected chi connectivity index (χ0v) is 16.1. The average molecular weight is 393 g/mol. The molecule has 0 amide bonds. The number of benzene rings is 2. The van der Waals surface area contributed by atoms with Crippen LogP contribution in [0.1, 0.15) is 18.7 Å². The fourth-order valence-electron chi connectivity index (χ4n) is 3.82. The van der Waals surface area contributed by atoms with Crippen molar-refractivity contribution in [2.45, 2.75) is 19.4 Å². The Balaban J connectivity index is 1.18. The predicted molar refractivity (Wildman–Crippen MR) is 106 cm³/mol. The lowest BCUT2D eigenvalue weighted by molar-refractivity contribution is 0.115. The van der Waals surface area contributed by atoms with E-state index in [0.717, 1.165) is 43.2 Å². The zero-order chi connectivity index (χ0) is 19.5. The Morgan fingerprint density at radius 3 is 2.90 bits per heavy atom. The van der Waals surface area contributed by atoms with Crippen molar-refractivity contribution in [2.24, 2.45) is 5.92 Å². The van der Waals surface area contributed by atoms with Crippen LogP contribution in [-0.4, -0.2) is 41.5 Å². The second-order valence-corrected chi connectivity index (χ2v) is 7.45. The first-order valence-corrected chi connectivity index (χ1v) is 9.96. The second-order valence-electron chi connectivity index (χ2n) is 7.45. The summed E-state index contributed by atoms with van der Waals surface area (Å²) in [6, 6.07) is 15.7. The Morgan fingerprint density at radius 2 is 1.97 bits per heavy atom. The number of hydrogen-bond acceptors (Lipinski definition) is 7. The van der Waals surface area contributed by atoms with Gasteiger partial charge in [0, 0.05) is 18.0 Å². The van der Waals surface area contributed by atoms with Gasteiger partial charge >= 0.3 is 0 Å². The molecular weight excluding hydrogens is 370 g/mol. The SMILES string of the molecule is c1ccc(OCC2CCCN(Cc3nc(-c4ccc5c(c4)OCO5)no3)C2)cc1. The van der Waals surface area contributed by atoms with Crippen LogP contribution >= 0.6 is 0 Å². The normalized spacial score (nSPS) is 18.7. The maximum Gasteiger partial charge on any atom is 0.241 e. The smallest absolute Gasteiger partial charge is 0.241 e. The van der Waals surface area contributed by atoms with Gasteiger partial charge in [0.15, 0.2) is 11.5 Å². The number of nitrogens with zero attached hydrogens (tertiary/aromatic N) is 3. The molecule has 1 saturated heterocycles. The summed E-state index contributed by atoms with van der Waals surface area (Å²) in [7, 11) is 0. The quantitative estimate of drug-likeness (QED) is 0.631. The summed E-state index contributed by atoms with van der Waals surface area (Å²) in [5.74, 6) is 4.08. The van der Waals surface area contributed by atoms with Gasteiger partial charge in [-0.25, -0.2) is 0 Å². The van der Waals surface area contributed by atoms with Crippen LogP contribution in [0.25, 0.3) is 11.4 Å². The molecule has 2 aliphatic heterocycles. The van der Waals surface area contributed by atoms with Crippen molar-refractivity contribution in [3.8, 4) is 28.6 Å². The van der Waals surface area contributed by atoms with E-state index in [1.807, 2.05) is 48.5 Å². The maximum absolute atomic E-state index is 5.94. The van der Waals surface area contributed by atoms with Crippen LogP contribution in [-0.2, 0) is 6.54 Å². The zero-order valence-electron chi connectivity index (χ0n) is 16.1. The minimum Gasteiger partial charge on any atom is -0.493 e. The summed E-state index contributed by atoms with van der Waals surface area (Å²) in [5.41, 5.74) is 0.858. The topological polar surface area (TPSA) is 69.9 Å². The van der Waals surface area contributed by atoms with E-state index < -0.39 is 0 Å². The van der Waals surface area contributed by atoms with E-state index in [-0.39, 0.29) is 6.79 Å². The highest BCUT2D eigenvalue weighted by Crippen LogP contribution is 2.35. The third kappa shape index (κ3) is 4.19. The second kappa shape index (κ2) is 8.13. The van der Waals surface area contributed by atoms with Gasteiger partial charge in [0.1, 0.15) is 5.75 Å². The first-order chi connectivity index (χ1) is 14.3. The fraction of sp³-hybridized carbons (Fsp3) is 0.364. The lowest BCUT2D eigenvalue weighted by Gasteiger charge is -2.31. The third-order valence-electron chi connectivity index (χ3n) is 5.29. The Bertz CT molecular complexity index is 960. The predicted octanol–water partition coefficient (Wildman–Crippen LogP) is 3.76. The number of aromatic nitrogens is 2. The van der Waals surface area contributed by atoms with E-state index in [1.165, 1.54) is 6.42 Å². The molecule has 0 aliphatic carbocycles. The van der Waals surface area contributed by atoms with E-state index >= 15 is 0 Å². The monoisotopic (exact) mass is 393 g/mol. The summed E-state index contributed by atoms with van der Waals surface area (Å²) in [6.07, 6.45) is 2.32. The molecule has 2 aliphatic rings. The van der Waals surface area contributed by atoms with Crippen LogP contribution in [0.15, 0.2) is 53.1 Å². The van der Waals surface area contributed by atoms with Gasteiger partial charge in [-0.1, -0.05) is 23.4 Å². The standard InChI is InChI=1S/C22H23N3O4/c1-2-6-18(7-3-1)26-14-16-5-4-10-25(12-16)13-21-23-22(24-29-21)17-8-9-19-20(11-17)28-15-27-19/h1-3,6-9,11,16H,4-5,10,12-15H2. The highest BCUT2D eigenvalue weighted by Gasteiger charge is 2.23. The molecule has 1 aromatic heterocycles. The lowest BCUT2D eigenvalue weighted by Crippen LogP contribution is -2.37. The van der Waals surface area contributed by atoms with E-state index in [4.69, 9.17) is 18.7 Å². The molecule has 0 bridgehead atoms. The van der Waals surface area contributed by atoms with Crippen LogP contribution in [0.2, 0.25) is 0 Å². The molecule has 150 valence electrons. The van der Waals surface area contributed by atoms with Crippen molar-refractivity contribution in [1.82, 2.24) is 15.0 Å². The molecule has 0 spiro atoms. The molecule has 1 fully saturated rings. The largest absolute Gasteiger partial charge is 0.493 e. The Kier molecular flexibility index (Phi) is 5.04. The Hall–Kier alpha value is -3.06. The number of ether oxygens (including phenoxy) is 3. The summed E-state index contributed by atoms with van der Waals surface area (Å²) in [5, 5.41) is 4.14. The Labute approximate surface area is 169 Å². The van der Waals surface area contributed by atoms with Crippen LogP contribution in [0.5, 0.6) is 17.2 Å². The van der Waals surface area contributed by atoms with Gasteiger partial charge in [-0.15, -0.1) is 0 Å². The molecule has 3 aromatic rings. The van der Waals surface area contributed by atoms with Gasteiger partial charge in [-0.05, 0) is 49.7 Å². The number of likely N-dealkylation sites (tertiary alicyclic amines) is 1.